The maximum Gasteiger partial charge on any atom is 0.641 e. The van der Waals surface area contributed by atoms with E-state index >= 15 is 0 Å². The summed E-state index contributed by atoms with van der Waals surface area (Å²) >= 11 is 0. The van der Waals surface area contributed by atoms with Crippen LogP contribution >= 0.6 is 0 Å². The van der Waals surface area contributed by atoms with Gasteiger partial charge in [-0.05, 0) is 78.4 Å². The Morgan fingerprint density at radius 3 is 1.52 bits per heavy atom. The Kier molecular flexibility index (Phi) is 7.14. The lowest BCUT2D eigenvalue weighted by molar-refractivity contribution is 0.00578. The summed E-state index contributed by atoms with van der Waals surface area (Å²) in [6, 6.07) is 6.49. The number of hydrogen-bond donors (Lipinski definition) is 0. The van der Waals surface area contributed by atoms with E-state index in [0.29, 0.717) is 11.8 Å². The van der Waals surface area contributed by atoms with Crippen LogP contribution in [0.5, 0.6) is 0 Å². The molecule has 0 amide bonds. The van der Waals surface area contributed by atoms with Crippen molar-refractivity contribution in [1.29, 1.82) is 0 Å². The van der Waals surface area contributed by atoms with Crippen molar-refractivity contribution in [2.45, 2.75) is 117 Å². The van der Waals surface area contributed by atoms with Gasteiger partial charge in [0, 0.05) is 5.69 Å². The van der Waals surface area contributed by atoms with Gasteiger partial charge in [0.15, 0.2) is 0 Å². The maximum absolute atomic E-state index is 6.49. The molecule has 184 valence electrons. The molecule has 1 aromatic carbocycles. The molecule has 2 aliphatic heterocycles. The summed E-state index contributed by atoms with van der Waals surface area (Å²) in [6.07, 6.45) is 0. The molecule has 33 heavy (non-hydrogen) atoms. The van der Waals surface area contributed by atoms with Crippen LogP contribution in [-0.2, 0) is 23.3 Å². The second-order valence-corrected chi connectivity index (χ2v) is 12.0. The average molecular weight is 459 g/mol. The van der Waals surface area contributed by atoms with E-state index in [2.05, 4.69) is 78.4 Å². The molecule has 0 bridgehead atoms. The fraction of sp³-hybridized carbons (Fsp3) is 0.760. The molecular formula is C25H43B2NO5. The molecule has 0 aliphatic carbocycles. The van der Waals surface area contributed by atoms with Crippen LogP contribution in [0, 0.1) is 0 Å². The second kappa shape index (κ2) is 8.87. The van der Waals surface area contributed by atoms with Gasteiger partial charge in [-0.3, -0.25) is 0 Å². The first-order valence-electron chi connectivity index (χ1n) is 12.2. The van der Waals surface area contributed by atoms with E-state index in [1.165, 1.54) is 11.1 Å². The molecule has 2 heterocycles. The number of nitrogens with zero attached hydrogens (tertiary/aromatic N) is 1. The largest absolute Gasteiger partial charge is 0.641 e. The molecule has 6 nitrogen and oxygen atoms in total. The zero-order valence-electron chi connectivity index (χ0n) is 22.7. The topological polar surface area (TPSA) is 49.4 Å². The summed E-state index contributed by atoms with van der Waals surface area (Å²) < 4.78 is 31.4. The van der Waals surface area contributed by atoms with Crippen molar-refractivity contribution in [3.8, 4) is 0 Å². The maximum atomic E-state index is 6.49. The third-order valence-electron chi connectivity index (χ3n) is 7.71. The minimum absolute atomic E-state index is 0.205. The molecule has 2 aliphatic rings. The smallest absolute Gasteiger partial charge is 0.384 e. The van der Waals surface area contributed by atoms with Gasteiger partial charge in [0.2, 0.25) is 0 Å². The number of benzene rings is 1. The molecule has 1 aromatic rings. The molecule has 0 spiro atoms. The predicted octanol–water partition coefficient (Wildman–Crippen LogP) is 5.89. The summed E-state index contributed by atoms with van der Waals surface area (Å²) in [5.41, 5.74) is 1.69. The third-order valence-corrected chi connectivity index (χ3v) is 7.71. The Morgan fingerprint density at radius 1 is 0.727 bits per heavy atom. The van der Waals surface area contributed by atoms with E-state index in [9.17, 15) is 0 Å². The first kappa shape index (κ1) is 26.6. The average Bonchev–Trinajstić information content (AvgIpc) is 3.00. The van der Waals surface area contributed by atoms with Crippen LogP contribution < -0.4 is 4.81 Å². The van der Waals surface area contributed by atoms with Crippen molar-refractivity contribution in [3.05, 3.63) is 29.3 Å². The SMILES string of the molecule is CC(C)c1cccc(C(C)C)c1N(COB1OC(C)(C)C(C)(C)O1)B1OC(C)(C)C(C)(C)O1. The van der Waals surface area contributed by atoms with Gasteiger partial charge < -0.3 is 28.1 Å². The van der Waals surface area contributed by atoms with Crippen molar-refractivity contribution in [3.63, 3.8) is 0 Å². The lowest BCUT2D eigenvalue weighted by Crippen LogP contribution is -2.46. The van der Waals surface area contributed by atoms with Gasteiger partial charge in [0.1, 0.15) is 6.73 Å². The zero-order valence-corrected chi connectivity index (χ0v) is 22.7. The van der Waals surface area contributed by atoms with Gasteiger partial charge in [0.25, 0.3) is 0 Å². The number of rotatable bonds is 7. The Morgan fingerprint density at radius 2 is 1.12 bits per heavy atom. The molecule has 2 saturated heterocycles. The lowest BCUT2D eigenvalue weighted by atomic mass is 9.89. The van der Waals surface area contributed by atoms with Crippen molar-refractivity contribution in [2.75, 3.05) is 11.5 Å². The van der Waals surface area contributed by atoms with E-state index < -0.39 is 37.0 Å². The molecular weight excluding hydrogens is 416 g/mol. The molecule has 8 heteroatoms. The van der Waals surface area contributed by atoms with Crippen LogP contribution in [0.4, 0.5) is 5.69 Å². The highest BCUT2D eigenvalue weighted by Crippen LogP contribution is 2.43. The van der Waals surface area contributed by atoms with Crippen molar-refractivity contribution >= 4 is 20.3 Å². The van der Waals surface area contributed by atoms with Gasteiger partial charge in [-0.15, -0.1) is 0 Å². The van der Waals surface area contributed by atoms with Crippen LogP contribution in [0.25, 0.3) is 0 Å². The molecule has 0 radical (unpaired) electrons. The third kappa shape index (κ3) is 5.01. The van der Waals surface area contributed by atoms with Gasteiger partial charge in [0.05, 0.1) is 22.4 Å². The summed E-state index contributed by atoms with van der Waals surface area (Å²) in [4.78, 5) is 2.09. The number of anilines is 1. The van der Waals surface area contributed by atoms with Gasteiger partial charge in [-0.1, -0.05) is 45.9 Å². The summed E-state index contributed by atoms with van der Waals surface area (Å²) in [6.45, 7) is 25.4. The van der Waals surface area contributed by atoms with Crippen LogP contribution in [0.15, 0.2) is 18.2 Å². The first-order valence-corrected chi connectivity index (χ1v) is 12.2. The fourth-order valence-corrected chi connectivity index (χ4v) is 4.01. The Labute approximate surface area is 202 Å². The highest BCUT2D eigenvalue weighted by Gasteiger charge is 2.56. The highest BCUT2D eigenvalue weighted by atomic mass is 16.8. The lowest BCUT2D eigenvalue weighted by Gasteiger charge is -2.33. The van der Waals surface area contributed by atoms with Gasteiger partial charge in [-0.2, -0.15) is 0 Å². The summed E-state index contributed by atoms with van der Waals surface area (Å²) in [7, 11) is -1.37. The van der Waals surface area contributed by atoms with Crippen molar-refractivity contribution in [2.24, 2.45) is 0 Å². The summed E-state index contributed by atoms with van der Waals surface area (Å²) in [5.74, 6) is 0.640. The molecule has 0 N–H and O–H groups in total. The quantitative estimate of drug-likeness (QED) is 0.374. The molecule has 0 aromatic heterocycles. The Hall–Kier alpha value is -1.05. The normalized spacial score (nSPS) is 23.1. The van der Waals surface area contributed by atoms with Gasteiger partial charge >= 0.3 is 14.6 Å². The van der Waals surface area contributed by atoms with Gasteiger partial charge in [-0.25, -0.2) is 0 Å². The standard InChI is InChI=1S/C25H43B2NO5/c1-17(2)19-14-13-15-20(18(3)4)21(19)28(26-30-22(5,6)23(7,8)31-26)16-29-27-32-24(9,10)25(11,12)33-27/h13-15,17-18H,16H2,1-12H3. The number of para-hydroxylation sites is 1. The van der Waals surface area contributed by atoms with Crippen LogP contribution in [0.2, 0.25) is 0 Å². The van der Waals surface area contributed by atoms with Crippen molar-refractivity contribution in [1.82, 2.24) is 0 Å². The van der Waals surface area contributed by atoms with E-state index in [1.54, 1.807) is 0 Å². The van der Waals surface area contributed by atoms with Crippen LogP contribution in [0.1, 0.15) is 106 Å². The molecule has 0 saturated carbocycles. The first-order chi connectivity index (χ1) is 15.0. The van der Waals surface area contributed by atoms with Crippen LogP contribution in [-0.4, -0.2) is 43.7 Å². The number of hydrogen-bond acceptors (Lipinski definition) is 6. The van der Waals surface area contributed by atoms with E-state index in [0.717, 1.165) is 5.69 Å². The molecule has 0 atom stereocenters. The van der Waals surface area contributed by atoms with Crippen molar-refractivity contribution < 1.29 is 23.3 Å². The molecule has 2 fully saturated rings. The minimum atomic E-state index is -0.770. The second-order valence-electron chi connectivity index (χ2n) is 12.0. The van der Waals surface area contributed by atoms with Crippen LogP contribution in [0.3, 0.4) is 0 Å². The van der Waals surface area contributed by atoms with E-state index in [4.69, 9.17) is 23.3 Å². The molecule has 3 rings (SSSR count). The zero-order chi connectivity index (χ0) is 25.0. The minimum Gasteiger partial charge on any atom is -0.384 e. The summed E-state index contributed by atoms with van der Waals surface area (Å²) in [5, 5.41) is 0. The highest BCUT2D eigenvalue weighted by molar-refractivity contribution is 6.51. The van der Waals surface area contributed by atoms with E-state index in [1.807, 2.05) is 27.7 Å². The monoisotopic (exact) mass is 459 g/mol. The Bertz CT molecular complexity index is 795. The Balaban J connectivity index is 2.00. The predicted molar refractivity (Wildman–Crippen MR) is 135 cm³/mol. The van der Waals surface area contributed by atoms with E-state index in [-0.39, 0.29) is 6.73 Å². The fourth-order valence-electron chi connectivity index (χ4n) is 4.01. The molecule has 0 unspecified atom stereocenters.